The fraction of sp³-hybridized carbons (Fsp3) is 0.467. The number of aromatic nitrogens is 3. The molecule has 1 amide bonds. The van der Waals surface area contributed by atoms with E-state index in [1.54, 1.807) is 0 Å². The van der Waals surface area contributed by atoms with Crippen molar-refractivity contribution in [3.05, 3.63) is 41.5 Å². The van der Waals surface area contributed by atoms with E-state index in [4.69, 9.17) is 5.11 Å². The van der Waals surface area contributed by atoms with Crippen molar-refractivity contribution >= 4 is 5.91 Å². The maximum atomic E-state index is 12.7. The zero-order chi connectivity index (χ0) is 14.4. The van der Waals surface area contributed by atoms with Gasteiger partial charge in [-0.15, -0.1) is 0 Å². The minimum absolute atomic E-state index is 0.0571. The van der Waals surface area contributed by atoms with Gasteiger partial charge in [-0.3, -0.25) is 9.48 Å². The third-order valence-electron chi connectivity index (χ3n) is 4.24. The van der Waals surface area contributed by atoms with Gasteiger partial charge in [0.15, 0.2) is 0 Å². The molecule has 1 saturated carbocycles. The molecule has 2 aliphatic rings. The lowest BCUT2D eigenvalue weighted by atomic mass is 10.2. The van der Waals surface area contributed by atoms with E-state index in [1.807, 2.05) is 34.0 Å². The number of amides is 1. The second kappa shape index (κ2) is 4.73. The second-order valence-electron chi connectivity index (χ2n) is 5.77. The predicted octanol–water partition coefficient (Wildman–Crippen LogP) is 1.17. The molecule has 0 saturated heterocycles. The molecule has 1 fully saturated rings. The van der Waals surface area contributed by atoms with Crippen LogP contribution in [0.15, 0.2) is 24.4 Å². The topological polar surface area (TPSA) is 63.3 Å². The van der Waals surface area contributed by atoms with Crippen molar-refractivity contribution in [1.82, 2.24) is 19.2 Å². The molecule has 110 valence electrons. The van der Waals surface area contributed by atoms with Crippen molar-refractivity contribution in [1.29, 1.82) is 0 Å². The molecule has 6 nitrogen and oxygen atoms in total. The summed E-state index contributed by atoms with van der Waals surface area (Å²) in [4.78, 5) is 14.6. The monoisotopic (exact) mass is 286 g/mol. The molecule has 1 aliphatic heterocycles. The van der Waals surface area contributed by atoms with E-state index in [0.29, 0.717) is 31.4 Å². The van der Waals surface area contributed by atoms with Crippen LogP contribution in [0.5, 0.6) is 0 Å². The summed E-state index contributed by atoms with van der Waals surface area (Å²) in [6, 6.07) is 6.24. The smallest absolute Gasteiger partial charge is 0.270 e. The van der Waals surface area contributed by atoms with Gasteiger partial charge in [0.1, 0.15) is 5.69 Å². The van der Waals surface area contributed by atoms with Crippen LogP contribution in [0.4, 0.5) is 0 Å². The van der Waals surface area contributed by atoms with Crippen LogP contribution in [0.2, 0.25) is 0 Å². The second-order valence-corrected chi connectivity index (χ2v) is 5.77. The zero-order valence-electron chi connectivity index (χ0n) is 11.8. The first-order chi connectivity index (χ1) is 10.3. The van der Waals surface area contributed by atoms with Crippen LogP contribution >= 0.6 is 0 Å². The van der Waals surface area contributed by atoms with Crippen molar-refractivity contribution in [3.8, 4) is 0 Å². The minimum Gasteiger partial charge on any atom is -0.390 e. The molecule has 3 heterocycles. The van der Waals surface area contributed by atoms with E-state index < -0.39 is 0 Å². The lowest BCUT2D eigenvalue weighted by Crippen LogP contribution is -2.39. The summed E-state index contributed by atoms with van der Waals surface area (Å²) in [5.41, 5.74) is 2.44. The Morgan fingerprint density at radius 2 is 2.24 bits per heavy atom. The van der Waals surface area contributed by atoms with Crippen molar-refractivity contribution in [2.24, 2.45) is 0 Å². The van der Waals surface area contributed by atoms with Gasteiger partial charge in [0.25, 0.3) is 5.91 Å². The number of hydrogen-bond acceptors (Lipinski definition) is 3. The van der Waals surface area contributed by atoms with Crippen LogP contribution in [0.1, 0.15) is 40.8 Å². The van der Waals surface area contributed by atoms with Gasteiger partial charge in [0, 0.05) is 18.8 Å². The Morgan fingerprint density at radius 3 is 3.00 bits per heavy atom. The van der Waals surface area contributed by atoms with Crippen molar-refractivity contribution in [3.63, 3.8) is 0 Å². The van der Waals surface area contributed by atoms with Gasteiger partial charge >= 0.3 is 0 Å². The minimum atomic E-state index is -0.0571. The highest BCUT2D eigenvalue weighted by atomic mass is 16.3. The van der Waals surface area contributed by atoms with Crippen molar-refractivity contribution in [2.75, 3.05) is 6.54 Å². The Morgan fingerprint density at radius 1 is 1.38 bits per heavy atom. The maximum absolute atomic E-state index is 12.7. The van der Waals surface area contributed by atoms with Crippen molar-refractivity contribution in [2.45, 2.75) is 38.6 Å². The van der Waals surface area contributed by atoms with Crippen LogP contribution in [0, 0.1) is 0 Å². The molecule has 4 rings (SSSR count). The summed E-state index contributed by atoms with van der Waals surface area (Å²) in [5, 5.41) is 13.5. The molecule has 1 N–H and O–H groups in total. The molecule has 2 aromatic rings. The van der Waals surface area contributed by atoms with Crippen molar-refractivity contribution < 1.29 is 9.90 Å². The Balaban J connectivity index is 1.56. The first-order valence-corrected chi connectivity index (χ1v) is 7.39. The van der Waals surface area contributed by atoms with Gasteiger partial charge in [-0.2, -0.15) is 5.10 Å². The number of nitrogens with zero attached hydrogens (tertiary/aromatic N) is 4. The van der Waals surface area contributed by atoms with Gasteiger partial charge in [-0.05, 0) is 31.0 Å². The molecule has 0 spiro atoms. The predicted molar refractivity (Wildman–Crippen MR) is 75.6 cm³/mol. The lowest BCUT2D eigenvalue weighted by Gasteiger charge is -2.28. The van der Waals surface area contributed by atoms with Crippen LogP contribution < -0.4 is 0 Å². The molecule has 0 bridgehead atoms. The summed E-state index contributed by atoms with van der Waals surface area (Å²) < 4.78 is 3.99. The summed E-state index contributed by atoms with van der Waals surface area (Å²) in [6.45, 7) is 1.85. The zero-order valence-corrected chi connectivity index (χ0v) is 11.8. The van der Waals surface area contributed by atoms with Crippen LogP contribution in [0.3, 0.4) is 0 Å². The SMILES string of the molecule is O=C(c1cccn1C1CC1)N1CCn2nc(CO)cc2C1. The first-order valence-electron chi connectivity index (χ1n) is 7.39. The average Bonchev–Trinajstić information content (AvgIpc) is 3.09. The number of carbonyl (C=O) groups excluding carboxylic acids is 1. The molecule has 2 aromatic heterocycles. The van der Waals surface area contributed by atoms with Gasteiger partial charge < -0.3 is 14.6 Å². The standard InChI is InChI=1S/C15H18N4O2/c20-10-11-8-13-9-17(6-7-19(13)16-11)15(21)14-2-1-5-18(14)12-3-4-12/h1-2,5,8,12,20H,3-4,6-7,9-10H2. The average molecular weight is 286 g/mol. The molecule has 1 aliphatic carbocycles. The molecule has 6 heteroatoms. The Labute approximate surface area is 122 Å². The van der Waals surface area contributed by atoms with Gasteiger partial charge in [0.2, 0.25) is 0 Å². The van der Waals surface area contributed by atoms with E-state index >= 15 is 0 Å². The maximum Gasteiger partial charge on any atom is 0.270 e. The van der Waals surface area contributed by atoms with E-state index in [2.05, 4.69) is 9.67 Å². The van der Waals surface area contributed by atoms with E-state index in [-0.39, 0.29) is 12.5 Å². The number of aliphatic hydroxyl groups is 1. The third kappa shape index (κ3) is 2.15. The molecule has 0 radical (unpaired) electrons. The molecule has 21 heavy (non-hydrogen) atoms. The van der Waals surface area contributed by atoms with E-state index in [9.17, 15) is 4.79 Å². The van der Waals surface area contributed by atoms with E-state index in [1.165, 1.54) is 12.8 Å². The number of fused-ring (bicyclic) bond motifs is 1. The highest BCUT2D eigenvalue weighted by Gasteiger charge is 2.30. The number of carbonyl (C=O) groups is 1. The quantitative estimate of drug-likeness (QED) is 0.921. The summed E-state index contributed by atoms with van der Waals surface area (Å²) >= 11 is 0. The Kier molecular flexibility index (Phi) is 2.85. The first kappa shape index (κ1) is 12.6. The van der Waals surface area contributed by atoms with E-state index in [0.717, 1.165) is 11.4 Å². The van der Waals surface area contributed by atoms with Gasteiger partial charge in [-0.1, -0.05) is 0 Å². The van der Waals surface area contributed by atoms with Gasteiger partial charge in [-0.25, -0.2) is 0 Å². The summed E-state index contributed by atoms with van der Waals surface area (Å²) in [5.74, 6) is 0.0879. The lowest BCUT2D eigenvalue weighted by molar-refractivity contribution is 0.0694. The normalized spacial score (nSPS) is 17.9. The Hall–Kier alpha value is -2.08. The van der Waals surface area contributed by atoms with Crippen LogP contribution in [0.25, 0.3) is 0 Å². The molecule has 0 aromatic carbocycles. The molecule has 0 atom stereocenters. The summed E-state index contributed by atoms with van der Waals surface area (Å²) in [6.07, 6.45) is 4.34. The number of rotatable bonds is 3. The highest BCUT2D eigenvalue weighted by molar-refractivity contribution is 5.93. The molecule has 0 unspecified atom stereocenters. The van der Waals surface area contributed by atoms with Gasteiger partial charge in [0.05, 0.1) is 31.1 Å². The Bertz CT molecular complexity index is 684. The molecular weight excluding hydrogens is 268 g/mol. The number of hydrogen-bond donors (Lipinski definition) is 1. The number of aliphatic hydroxyl groups excluding tert-OH is 1. The molecular formula is C15H18N4O2. The fourth-order valence-corrected chi connectivity index (χ4v) is 2.98. The largest absolute Gasteiger partial charge is 0.390 e. The van der Waals surface area contributed by atoms with Crippen LogP contribution in [-0.2, 0) is 19.7 Å². The summed E-state index contributed by atoms with van der Waals surface area (Å²) in [7, 11) is 0. The highest BCUT2D eigenvalue weighted by Crippen LogP contribution is 2.36. The third-order valence-corrected chi connectivity index (χ3v) is 4.24. The van der Waals surface area contributed by atoms with Crippen LogP contribution in [-0.4, -0.2) is 36.8 Å². The fourth-order valence-electron chi connectivity index (χ4n) is 2.98.